The van der Waals surface area contributed by atoms with Gasteiger partial charge < -0.3 is 14.5 Å². The highest BCUT2D eigenvalue weighted by atomic mass is 32.1. The van der Waals surface area contributed by atoms with Gasteiger partial charge in [-0.1, -0.05) is 53.8 Å². The van der Waals surface area contributed by atoms with Crippen LogP contribution in [-0.4, -0.2) is 49.1 Å². The van der Waals surface area contributed by atoms with E-state index < -0.39 is 0 Å². The number of hydrogen-bond donors (Lipinski definition) is 0. The Morgan fingerprint density at radius 2 is 1.61 bits per heavy atom. The molecule has 1 aliphatic heterocycles. The van der Waals surface area contributed by atoms with E-state index in [1.54, 1.807) is 23.5 Å². The maximum atomic E-state index is 12.6. The monoisotopic (exact) mass is 429 g/mol. The van der Waals surface area contributed by atoms with Gasteiger partial charge in [-0.25, -0.2) is 9.78 Å². The van der Waals surface area contributed by atoms with Crippen molar-refractivity contribution in [2.75, 3.05) is 38.1 Å². The first kappa shape index (κ1) is 19.7. The molecule has 5 nitrogen and oxygen atoms in total. The molecule has 6 heteroatoms. The van der Waals surface area contributed by atoms with Crippen LogP contribution in [0.5, 0.6) is 5.75 Å². The molecule has 0 saturated carbocycles. The maximum Gasteiger partial charge on any atom is 0.343 e. The number of thiazole rings is 1. The zero-order chi connectivity index (χ0) is 21.2. The zero-order valence-electron chi connectivity index (χ0n) is 17.3. The van der Waals surface area contributed by atoms with Crippen molar-refractivity contribution in [3.05, 3.63) is 78.4 Å². The Labute approximate surface area is 185 Å². The molecule has 1 fully saturated rings. The van der Waals surface area contributed by atoms with Gasteiger partial charge in [-0.3, -0.25) is 0 Å². The number of fused-ring (bicyclic) bond motifs is 1. The van der Waals surface area contributed by atoms with E-state index in [0.29, 0.717) is 11.3 Å². The molecular formula is C25H23N3O2S. The molecule has 0 atom stereocenters. The Balaban J connectivity index is 1.30. The Kier molecular flexibility index (Phi) is 5.40. The van der Waals surface area contributed by atoms with Crippen molar-refractivity contribution in [2.24, 2.45) is 0 Å². The maximum absolute atomic E-state index is 12.6. The lowest BCUT2D eigenvalue weighted by Gasteiger charge is -2.31. The van der Waals surface area contributed by atoms with Crippen LogP contribution in [0.4, 0.5) is 5.13 Å². The van der Waals surface area contributed by atoms with Crippen molar-refractivity contribution in [1.29, 1.82) is 0 Å². The standard InChI is InChI=1S/C25H23N3O2S/c1-27-13-15-28(16-14-27)25-26-22-12-11-21(17-23(22)31-25)30-24(29)20-9-7-19(8-10-20)18-5-3-2-4-6-18/h2-12,17H,13-16H2,1H3. The van der Waals surface area contributed by atoms with Crippen LogP contribution in [0.25, 0.3) is 21.3 Å². The van der Waals surface area contributed by atoms with Crippen LogP contribution in [0.2, 0.25) is 0 Å². The quantitative estimate of drug-likeness (QED) is 0.340. The number of benzene rings is 3. The average Bonchev–Trinajstić information content (AvgIpc) is 3.23. The first-order chi connectivity index (χ1) is 15.2. The summed E-state index contributed by atoms with van der Waals surface area (Å²) in [7, 11) is 2.14. The van der Waals surface area contributed by atoms with Crippen LogP contribution in [-0.2, 0) is 0 Å². The van der Waals surface area contributed by atoms with Crippen molar-refractivity contribution in [1.82, 2.24) is 9.88 Å². The van der Waals surface area contributed by atoms with E-state index in [9.17, 15) is 4.79 Å². The van der Waals surface area contributed by atoms with Crippen LogP contribution >= 0.6 is 11.3 Å². The second kappa shape index (κ2) is 8.49. The number of aromatic nitrogens is 1. The first-order valence-corrected chi connectivity index (χ1v) is 11.2. The van der Waals surface area contributed by atoms with Crippen LogP contribution in [0, 0.1) is 0 Å². The topological polar surface area (TPSA) is 45.7 Å². The van der Waals surface area contributed by atoms with E-state index in [4.69, 9.17) is 9.72 Å². The van der Waals surface area contributed by atoms with Crippen molar-refractivity contribution < 1.29 is 9.53 Å². The number of ether oxygens (including phenoxy) is 1. The third-order valence-electron chi connectivity index (χ3n) is 5.56. The van der Waals surface area contributed by atoms with Gasteiger partial charge in [-0.15, -0.1) is 0 Å². The van der Waals surface area contributed by atoms with E-state index in [0.717, 1.165) is 52.7 Å². The second-order valence-corrected chi connectivity index (χ2v) is 8.76. The van der Waals surface area contributed by atoms with Gasteiger partial charge in [0.1, 0.15) is 5.75 Å². The van der Waals surface area contributed by atoms with Crippen LogP contribution in [0.1, 0.15) is 10.4 Å². The van der Waals surface area contributed by atoms with Gasteiger partial charge in [-0.2, -0.15) is 0 Å². The molecule has 0 amide bonds. The number of anilines is 1. The number of likely N-dealkylation sites (N-methyl/N-ethyl adjacent to an activating group) is 1. The Hall–Kier alpha value is -3.22. The minimum atomic E-state index is -0.359. The third kappa shape index (κ3) is 4.31. The number of hydrogen-bond acceptors (Lipinski definition) is 6. The smallest absolute Gasteiger partial charge is 0.343 e. The molecule has 31 heavy (non-hydrogen) atoms. The van der Waals surface area contributed by atoms with E-state index >= 15 is 0 Å². The number of esters is 1. The Morgan fingerprint density at radius 1 is 0.903 bits per heavy atom. The summed E-state index contributed by atoms with van der Waals surface area (Å²) in [5.41, 5.74) is 3.65. The van der Waals surface area contributed by atoms with Gasteiger partial charge >= 0.3 is 5.97 Å². The van der Waals surface area contributed by atoms with Gasteiger partial charge in [0, 0.05) is 32.2 Å². The Bertz CT molecular complexity index is 1200. The number of nitrogens with zero attached hydrogens (tertiary/aromatic N) is 3. The van der Waals surface area contributed by atoms with E-state index in [-0.39, 0.29) is 5.97 Å². The van der Waals surface area contributed by atoms with Gasteiger partial charge in [0.05, 0.1) is 15.8 Å². The summed E-state index contributed by atoms with van der Waals surface area (Å²) in [6.07, 6.45) is 0. The van der Waals surface area contributed by atoms with Crippen LogP contribution < -0.4 is 9.64 Å². The fourth-order valence-electron chi connectivity index (χ4n) is 3.68. The van der Waals surface area contributed by atoms with Crippen molar-refractivity contribution in [3.63, 3.8) is 0 Å². The lowest BCUT2D eigenvalue weighted by atomic mass is 10.0. The highest BCUT2D eigenvalue weighted by molar-refractivity contribution is 7.22. The van der Waals surface area contributed by atoms with Crippen molar-refractivity contribution >= 4 is 32.7 Å². The lowest BCUT2D eigenvalue weighted by molar-refractivity contribution is 0.0735. The minimum absolute atomic E-state index is 0.359. The molecule has 1 saturated heterocycles. The molecule has 0 unspecified atom stereocenters. The molecule has 4 aromatic rings. The van der Waals surface area contributed by atoms with Gasteiger partial charge in [0.2, 0.25) is 0 Å². The molecule has 1 aliphatic rings. The summed E-state index contributed by atoms with van der Waals surface area (Å²) in [5.74, 6) is 0.181. The van der Waals surface area contributed by atoms with Gasteiger partial charge in [0.25, 0.3) is 0 Å². The minimum Gasteiger partial charge on any atom is -0.423 e. The largest absolute Gasteiger partial charge is 0.423 e. The summed E-state index contributed by atoms with van der Waals surface area (Å²) < 4.78 is 6.67. The molecule has 0 N–H and O–H groups in total. The predicted octanol–water partition coefficient (Wildman–Crippen LogP) is 4.93. The molecular weight excluding hydrogens is 406 g/mol. The van der Waals surface area contributed by atoms with Crippen LogP contribution in [0.3, 0.4) is 0 Å². The molecule has 156 valence electrons. The van der Waals surface area contributed by atoms with Crippen molar-refractivity contribution in [3.8, 4) is 16.9 Å². The molecule has 0 aliphatic carbocycles. The summed E-state index contributed by atoms with van der Waals surface area (Å²) in [6, 6.07) is 23.2. The number of rotatable bonds is 4. The predicted molar refractivity (Wildman–Crippen MR) is 126 cm³/mol. The molecule has 0 spiro atoms. The fraction of sp³-hybridized carbons (Fsp3) is 0.200. The molecule has 1 aromatic heterocycles. The molecule has 2 heterocycles. The van der Waals surface area contributed by atoms with Gasteiger partial charge in [0.15, 0.2) is 5.13 Å². The number of carbonyl (C=O) groups excluding carboxylic acids is 1. The molecule has 3 aromatic carbocycles. The highest BCUT2D eigenvalue weighted by Gasteiger charge is 2.18. The van der Waals surface area contributed by atoms with Crippen LogP contribution in [0.15, 0.2) is 72.8 Å². The summed E-state index contributed by atoms with van der Waals surface area (Å²) >= 11 is 1.65. The third-order valence-corrected chi connectivity index (χ3v) is 6.64. The highest BCUT2D eigenvalue weighted by Crippen LogP contribution is 2.32. The molecule has 0 radical (unpaired) electrons. The fourth-order valence-corrected chi connectivity index (χ4v) is 4.73. The molecule has 0 bridgehead atoms. The number of piperazine rings is 1. The summed E-state index contributed by atoms with van der Waals surface area (Å²) in [5, 5.41) is 1.03. The number of carbonyl (C=O) groups is 1. The Morgan fingerprint density at radius 3 is 2.35 bits per heavy atom. The lowest BCUT2D eigenvalue weighted by Crippen LogP contribution is -2.44. The van der Waals surface area contributed by atoms with Crippen molar-refractivity contribution in [2.45, 2.75) is 0 Å². The van der Waals surface area contributed by atoms with E-state index in [1.807, 2.05) is 60.7 Å². The van der Waals surface area contributed by atoms with E-state index in [1.165, 1.54) is 0 Å². The summed E-state index contributed by atoms with van der Waals surface area (Å²) in [4.78, 5) is 22.0. The summed E-state index contributed by atoms with van der Waals surface area (Å²) in [6.45, 7) is 4.05. The first-order valence-electron chi connectivity index (χ1n) is 10.4. The SMILES string of the molecule is CN1CCN(c2nc3ccc(OC(=O)c4ccc(-c5ccccc5)cc4)cc3s2)CC1. The second-order valence-electron chi connectivity index (χ2n) is 7.75. The normalized spacial score (nSPS) is 14.7. The molecule has 5 rings (SSSR count). The van der Waals surface area contributed by atoms with Gasteiger partial charge in [-0.05, 0) is 42.4 Å². The zero-order valence-corrected chi connectivity index (χ0v) is 18.1. The van der Waals surface area contributed by atoms with E-state index in [2.05, 4.69) is 16.8 Å². The average molecular weight is 430 g/mol.